The zero-order valence-corrected chi connectivity index (χ0v) is 21.7. The zero-order valence-electron chi connectivity index (χ0n) is 20.2. The van der Waals surface area contributed by atoms with Crippen molar-refractivity contribution in [3.8, 4) is 11.1 Å². The van der Waals surface area contributed by atoms with Crippen LogP contribution in [0.2, 0.25) is 4.34 Å². The number of hydrogen-bond acceptors (Lipinski definition) is 4. The summed E-state index contributed by atoms with van der Waals surface area (Å²) in [5, 5.41) is 3.67. The first-order valence-electron chi connectivity index (χ1n) is 11.3. The highest BCUT2D eigenvalue weighted by molar-refractivity contribution is 7.16. The van der Waals surface area contributed by atoms with Crippen LogP contribution in [-0.4, -0.2) is 46.1 Å². The number of halogens is 5. The molecule has 3 heterocycles. The summed E-state index contributed by atoms with van der Waals surface area (Å²) in [5.41, 5.74) is -0.0495. The van der Waals surface area contributed by atoms with Gasteiger partial charge in [0, 0.05) is 41.4 Å². The molecule has 5 nitrogen and oxygen atoms in total. The van der Waals surface area contributed by atoms with E-state index in [0.29, 0.717) is 10.9 Å². The minimum atomic E-state index is -4.79. The maximum atomic E-state index is 15.4. The van der Waals surface area contributed by atoms with Crippen LogP contribution >= 0.6 is 22.9 Å². The summed E-state index contributed by atoms with van der Waals surface area (Å²) < 4.78 is 58.9. The summed E-state index contributed by atoms with van der Waals surface area (Å²) in [6.07, 6.45) is -0.430. The molecule has 0 aliphatic carbocycles. The first kappa shape index (κ1) is 26.4. The van der Waals surface area contributed by atoms with Crippen LogP contribution in [0.25, 0.3) is 11.1 Å². The van der Waals surface area contributed by atoms with Gasteiger partial charge in [-0.15, -0.1) is 11.3 Å². The molecule has 4 rings (SSSR count). The van der Waals surface area contributed by atoms with E-state index in [0.717, 1.165) is 26.8 Å². The number of likely N-dealkylation sites (N-methyl/N-ethyl adjacent to an activating group) is 1. The van der Waals surface area contributed by atoms with Gasteiger partial charge in [-0.05, 0) is 50.7 Å². The van der Waals surface area contributed by atoms with Gasteiger partial charge in [-0.1, -0.05) is 29.8 Å². The minimum Gasteiger partial charge on any atom is -0.323 e. The second kappa shape index (κ2) is 9.99. The number of nitrogens with zero attached hydrogens (tertiary/aromatic N) is 4. The maximum Gasteiger partial charge on any atom is 0.435 e. The summed E-state index contributed by atoms with van der Waals surface area (Å²) in [6.45, 7) is 4.39. The average molecular weight is 541 g/mol. The van der Waals surface area contributed by atoms with Crippen LogP contribution in [0.15, 0.2) is 36.5 Å². The Kier molecular flexibility index (Phi) is 7.32. The molecule has 11 heteroatoms. The molecule has 1 aliphatic heterocycles. The van der Waals surface area contributed by atoms with Gasteiger partial charge < -0.3 is 9.80 Å². The van der Waals surface area contributed by atoms with E-state index in [1.165, 1.54) is 29.7 Å². The second-order valence-corrected chi connectivity index (χ2v) is 10.5. The predicted octanol–water partition coefficient (Wildman–Crippen LogP) is 6.30. The van der Waals surface area contributed by atoms with Gasteiger partial charge in [-0.25, -0.2) is 4.39 Å². The molecular formula is C25H25ClF4N4OS. The molecule has 1 aromatic carbocycles. The van der Waals surface area contributed by atoms with Crippen LogP contribution in [0.1, 0.15) is 40.2 Å². The van der Waals surface area contributed by atoms with E-state index in [4.69, 9.17) is 11.6 Å². The monoisotopic (exact) mass is 540 g/mol. The molecule has 36 heavy (non-hydrogen) atoms. The fourth-order valence-electron chi connectivity index (χ4n) is 4.45. The van der Waals surface area contributed by atoms with Crippen molar-refractivity contribution in [2.24, 2.45) is 0 Å². The highest BCUT2D eigenvalue weighted by Crippen LogP contribution is 2.50. The number of benzene rings is 1. The number of alkyl halides is 3. The lowest BCUT2D eigenvalue weighted by atomic mass is 9.90. The van der Waals surface area contributed by atoms with Crippen molar-refractivity contribution in [2.45, 2.75) is 39.2 Å². The van der Waals surface area contributed by atoms with Gasteiger partial charge in [0.15, 0.2) is 5.69 Å². The first-order valence-corrected chi connectivity index (χ1v) is 12.5. The normalized spacial score (nSPS) is 15.9. The third-order valence-electron chi connectivity index (χ3n) is 6.09. The van der Waals surface area contributed by atoms with Crippen LogP contribution in [0, 0.1) is 12.7 Å². The Labute approximate surface area is 215 Å². The Morgan fingerprint density at radius 3 is 2.69 bits per heavy atom. The van der Waals surface area contributed by atoms with Crippen molar-refractivity contribution in [3.05, 3.63) is 74.0 Å². The molecule has 0 saturated heterocycles. The zero-order chi connectivity index (χ0) is 26.4. The van der Waals surface area contributed by atoms with Gasteiger partial charge in [-0.2, -0.15) is 18.3 Å². The van der Waals surface area contributed by atoms with Crippen molar-refractivity contribution in [3.63, 3.8) is 0 Å². The number of carbonyl (C=O) groups is 1. The number of thiophene rings is 1. The van der Waals surface area contributed by atoms with E-state index < -0.39 is 23.7 Å². The van der Waals surface area contributed by atoms with Gasteiger partial charge in [-0.3, -0.25) is 9.48 Å². The summed E-state index contributed by atoms with van der Waals surface area (Å²) in [7, 11) is 3.73. The third kappa shape index (κ3) is 4.81. The molecule has 0 fully saturated rings. The van der Waals surface area contributed by atoms with Gasteiger partial charge in [0.2, 0.25) is 5.91 Å². The van der Waals surface area contributed by atoms with Crippen LogP contribution in [0.3, 0.4) is 0 Å². The summed E-state index contributed by atoms with van der Waals surface area (Å²) in [4.78, 5) is 17.5. The molecule has 1 aliphatic rings. The first-order chi connectivity index (χ1) is 16.9. The quantitative estimate of drug-likeness (QED) is 0.272. The minimum absolute atomic E-state index is 0.182. The van der Waals surface area contributed by atoms with Crippen molar-refractivity contribution >= 4 is 28.8 Å². The maximum absolute atomic E-state index is 15.4. The predicted molar refractivity (Wildman–Crippen MR) is 132 cm³/mol. The molecule has 192 valence electrons. The highest BCUT2D eigenvalue weighted by Gasteiger charge is 2.42. The average Bonchev–Trinajstić information content (AvgIpc) is 3.46. The van der Waals surface area contributed by atoms with Gasteiger partial charge >= 0.3 is 6.18 Å². The molecule has 1 amide bonds. The molecular weight excluding hydrogens is 516 g/mol. The molecule has 1 unspecified atom stereocenters. The molecule has 0 N–H and O–H groups in total. The molecule has 0 saturated carbocycles. The Morgan fingerprint density at radius 2 is 2.06 bits per heavy atom. The van der Waals surface area contributed by atoms with E-state index in [1.54, 1.807) is 30.9 Å². The molecule has 1 atom stereocenters. The van der Waals surface area contributed by atoms with Gasteiger partial charge in [0.25, 0.3) is 0 Å². The van der Waals surface area contributed by atoms with Gasteiger partial charge in [0.1, 0.15) is 5.82 Å². The molecule has 0 spiro atoms. The number of carbonyl (C=O) groups excluding carboxylic acids is 1. The second-order valence-electron chi connectivity index (χ2n) is 8.82. The number of aromatic nitrogens is 2. The summed E-state index contributed by atoms with van der Waals surface area (Å²) in [6, 6.07) is 3.32. The number of fused-ring (bicyclic) bond motifs is 1. The fourth-order valence-corrected chi connectivity index (χ4v) is 5.89. The topological polar surface area (TPSA) is 41.4 Å². The van der Waals surface area contributed by atoms with E-state index in [9.17, 15) is 18.0 Å². The lowest BCUT2D eigenvalue weighted by Crippen LogP contribution is -2.30. The number of amides is 1. The molecule has 2 aromatic heterocycles. The fraction of sp³-hybridized carbons (Fsp3) is 0.360. The highest BCUT2D eigenvalue weighted by atomic mass is 35.5. The number of rotatable bonds is 6. The summed E-state index contributed by atoms with van der Waals surface area (Å²) in [5.74, 6) is -1.15. The van der Waals surface area contributed by atoms with E-state index in [2.05, 4.69) is 5.10 Å². The third-order valence-corrected chi connectivity index (χ3v) is 7.68. The SMILES string of the molecule is CCn1cc(-c2c(F)cccc2C2c3c(sc(Cl)c3C)CN2C(=O)/C=C/CN(C)C)c(C(F)(F)F)n1. The largest absolute Gasteiger partial charge is 0.435 e. The van der Waals surface area contributed by atoms with Crippen molar-refractivity contribution in [1.29, 1.82) is 0 Å². The lowest BCUT2D eigenvalue weighted by molar-refractivity contribution is -0.141. The Hall–Kier alpha value is -2.69. The number of hydrogen-bond donors (Lipinski definition) is 0. The molecule has 0 bridgehead atoms. The molecule has 0 radical (unpaired) electrons. The summed E-state index contributed by atoms with van der Waals surface area (Å²) >= 11 is 7.72. The van der Waals surface area contributed by atoms with E-state index in [1.807, 2.05) is 19.0 Å². The Bertz CT molecular complexity index is 1330. The van der Waals surface area contributed by atoms with E-state index in [-0.39, 0.29) is 35.7 Å². The van der Waals surface area contributed by atoms with Crippen LogP contribution in [-0.2, 0) is 24.1 Å². The van der Waals surface area contributed by atoms with Gasteiger partial charge in [0.05, 0.1) is 16.9 Å². The van der Waals surface area contributed by atoms with E-state index >= 15 is 4.39 Å². The van der Waals surface area contributed by atoms with Crippen LogP contribution < -0.4 is 0 Å². The Balaban J connectivity index is 1.93. The lowest BCUT2D eigenvalue weighted by Gasteiger charge is -2.27. The van der Waals surface area contributed by atoms with Crippen LogP contribution in [0.4, 0.5) is 17.6 Å². The molecule has 3 aromatic rings. The standard InChI is InChI=1S/C25H25ClF4N4OS/c1-5-33-12-16(23(31-33)25(28,29)30)21-15(8-6-9-17(21)27)22-20-14(2)24(26)36-18(20)13-34(22)19(35)10-7-11-32(3)4/h6-10,12,22H,5,11,13H2,1-4H3/b10-7+. The smallest absolute Gasteiger partial charge is 0.323 e. The number of aryl methyl sites for hydroxylation is 1. The van der Waals surface area contributed by atoms with Crippen molar-refractivity contribution in [1.82, 2.24) is 19.6 Å². The van der Waals surface area contributed by atoms with Crippen molar-refractivity contribution in [2.75, 3.05) is 20.6 Å². The van der Waals surface area contributed by atoms with Crippen molar-refractivity contribution < 1.29 is 22.4 Å². The Morgan fingerprint density at radius 1 is 1.33 bits per heavy atom. The van der Waals surface area contributed by atoms with Crippen LogP contribution in [0.5, 0.6) is 0 Å².